The predicted octanol–water partition coefficient (Wildman–Crippen LogP) is 3.49. The summed E-state index contributed by atoms with van der Waals surface area (Å²) in [7, 11) is 0. The average Bonchev–Trinajstić information content (AvgIpc) is 2.97. The van der Waals surface area contributed by atoms with E-state index in [1.54, 1.807) is 12.1 Å². The molecule has 0 unspecified atom stereocenters. The maximum absolute atomic E-state index is 12.8. The average molecular weight is 275 g/mol. The quantitative estimate of drug-likeness (QED) is 0.777. The Kier molecular flexibility index (Phi) is 2.79. The smallest absolute Gasteiger partial charge is 0.261 e. The third kappa shape index (κ3) is 2.22. The molecule has 1 aromatic carbocycles. The summed E-state index contributed by atoms with van der Waals surface area (Å²) in [6.07, 6.45) is 0. The Morgan fingerprint density at radius 3 is 2.63 bits per heavy atom. The first-order valence-electron chi connectivity index (χ1n) is 5.59. The third-order valence-corrected chi connectivity index (χ3v) is 3.52. The van der Waals surface area contributed by atoms with Crippen LogP contribution in [0.15, 0.2) is 34.9 Å². The zero-order valence-electron chi connectivity index (χ0n) is 10.1. The lowest BCUT2D eigenvalue weighted by Gasteiger charge is -1.92. The van der Waals surface area contributed by atoms with Gasteiger partial charge in [0.05, 0.1) is 10.6 Å². The number of nitrogens with zero attached hydrogens (tertiary/aromatic N) is 2. The molecule has 0 bridgehead atoms. The minimum atomic E-state index is -0.301. The normalized spacial score (nSPS) is 10.8. The SMILES string of the molecule is Cc1cc(-c2nc(-c3ccc(F)cc3)no2)c(N)s1. The summed E-state index contributed by atoms with van der Waals surface area (Å²) >= 11 is 1.47. The van der Waals surface area contributed by atoms with Crippen molar-refractivity contribution in [1.82, 2.24) is 10.1 Å². The lowest BCUT2D eigenvalue weighted by Crippen LogP contribution is -1.84. The Morgan fingerprint density at radius 2 is 2.00 bits per heavy atom. The molecule has 0 aliphatic carbocycles. The van der Waals surface area contributed by atoms with Crippen molar-refractivity contribution in [1.29, 1.82) is 0 Å². The second-order valence-electron chi connectivity index (χ2n) is 4.07. The van der Waals surface area contributed by atoms with Crippen LogP contribution in [0.25, 0.3) is 22.8 Å². The molecule has 2 heterocycles. The molecule has 0 saturated carbocycles. The maximum Gasteiger partial charge on any atom is 0.261 e. The lowest BCUT2D eigenvalue weighted by atomic mass is 10.2. The molecule has 3 aromatic rings. The summed E-state index contributed by atoms with van der Waals surface area (Å²) in [5, 5.41) is 4.53. The molecule has 0 fully saturated rings. The molecule has 0 aliphatic rings. The molecular formula is C13H10FN3OS. The molecule has 0 aliphatic heterocycles. The van der Waals surface area contributed by atoms with Gasteiger partial charge in [-0.1, -0.05) is 5.16 Å². The highest BCUT2D eigenvalue weighted by atomic mass is 32.1. The molecule has 3 rings (SSSR count). The summed E-state index contributed by atoms with van der Waals surface area (Å²) in [6, 6.07) is 7.82. The van der Waals surface area contributed by atoms with Crippen molar-refractivity contribution in [3.05, 3.63) is 41.0 Å². The summed E-state index contributed by atoms with van der Waals surface area (Å²) < 4.78 is 18.1. The number of benzene rings is 1. The highest BCUT2D eigenvalue weighted by molar-refractivity contribution is 7.16. The van der Waals surface area contributed by atoms with E-state index in [0.717, 1.165) is 10.4 Å². The van der Waals surface area contributed by atoms with Crippen molar-refractivity contribution in [3.8, 4) is 22.8 Å². The van der Waals surface area contributed by atoms with Crippen LogP contribution in [0.5, 0.6) is 0 Å². The Balaban J connectivity index is 1.99. The molecule has 0 radical (unpaired) electrons. The number of thiophene rings is 1. The predicted molar refractivity (Wildman–Crippen MR) is 72.2 cm³/mol. The van der Waals surface area contributed by atoms with Crippen molar-refractivity contribution in [2.24, 2.45) is 0 Å². The zero-order chi connectivity index (χ0) is 13.4. The second kappa shape index (κ2) is 4.47. The van der Waals surface area contributed by atoms with Crippen LogP contribution in [-0.2, 0) is 0 Å². The highest BCUT2D eigenvalue weighted by Gasteiger charge is 2.15. The van der Waals surface area contributed by atoms with Gasteiger partial charge in [-0.05, 0) is 37.3 Å². The number of halogens is 1. The van der Waals surface area contributed by atoms with Crippen LogP contribution in [-0.4, -0.2) is 10.1 Å². The summed E-state index contributed by atoms with van der Waals surface area (Å²) in [4.78, 5) is 5.36. The number of anilines is 1. The fourth-order valence-electron chi connectivity index (χ4n) is 1.75. The van der Waals surface area contributed by atoms with E-state index >= 15 is 0 Å². The summed E-state index contributed by atoms with van der Waals surface area (Å²) in [6.45, 7) is 1.96. The van der Waals surface area contributed by atoms with E-state index in [1.807, 2.05) is 13.0 Å². The van der Waals surface area contributed by atoms with Gasteiger partial charge in [-0.25, -0.2) is 4.39 Å². The van der Waals surface area contributed by atoms with Crippen LogP contribution in [0.2, 0.25) is 0 Å². The molecule has 0 saturated heterocycles. The van der Waals surface area contributed by atoms with E-state index in [2.05, 4.69) is 10.1 Å². The van der Waals surface area contributed by atoms with Crippen molar-refractivity contribution < 1.29 is 8.91 Å². The van der Waals surface area contributed by atoms with Crippen LogP contribution in [0.4, 0.5) is 9.39 Å². The van der Waals surface area contributed by atoms with Gasteiger partial charge in [-0.3, -0.25) is 0 Å². The number of rotatable bonds is 2. The topological polar surface area (TPSA) is 64.9 Å². The van der Waals surface area contributed by atoms with Crippen molar-refractivity contribution in [2.45, 2.75) is 6.92 Å². The Labute approximate surface area is 112 Å². The fraction of sp³-hybridized carbons (Fsp3) is 0.0769. The van der Waals surface area contributed by atoms with Crippen LogP contribution < -0.4 is 5.73 Å². The van der Waals surface area contributed by atoms with Crippen molar-refractivity contribution in [2.75, 3.05) is 5.73 Å². The molecule has 0 atom stereocenters. The van der Waals surface area contributed by atoms with Gasteiger partial charge in [0.15, 0.2) is 0 Å². The van der Waals surface area contributed by atoms with Gasteiger partial charge in [-0.2, -0.15) is 4.98 Å². The molecule has 0 spiro atoms. The first-order valence-corrected chi connectivity index (χ1v) is 6.41. The van der Waals surface area contributed by atoms with Crippen molar-refractivity contribution >= 4 is 16.3 Å². The van der Waals surface area contributed by atoms with Crippen molar-refractivity contribution in [3.63, 3.8) is 0 Å². The van der Waals surface area contributed by atoms with Gasteiger partial charge in [-0.15, -0.1) is 11.3 Å². The van der Waals surface area contributed by atoms with Crippen LogP contribution >= 0.6 is 11.3 Å². The van der Waals surface area contributed by atoms with Gasteiger partial charge < -0.3 is 10.3 Å². The number of aromatic nitrogens is 2. The molecule has 0 amide bonds. The monoisotopic (exact) mass is 275 g/mol. The third-order valence-electron chi connectivity index (χ3n) is 2.64. The molecule has 4 nitrogen and oxygen atoms in total. The molecule has 96 valence electrons. The van der Waals surface area contributed by atoms with E-state index in [-0.39, 0.29) is 5.82 Å². The lowest BCUT2D eigenvalue weighted by molar-refractivity contribution is 0.432. The van der Waals surface area contributed by atoms with Gasteiger partial charge in [0, 0.05) is 10.4 Å². The van der Waals surface area contributed by atoms with E-state index in [4.69, 9.17) is 10.3 Å². The molecular weight excluding hydrogens is 265 g/mol. The maximum atomic E-state index is 12.8. The fourth-order valence-corrected chi connectivity index (χ4v) is 2.53. The standard InChI is InChI=1S/C13H10FN3OS/c1-7-6-10(11(15)19-7)13-16-12(17-18-13)8-2-4-9(14)5-3-8/h2-6H,15H2,1H3. The second-order valence-corrected chi connectivity index (χ2v) is 5.35. The van der Waals surface area contributed by atoms with Crippen LogP contribution in [0.1, 0.15) is 4.88 Å². The minimum Gasteiger partial charge on any atom is -0.390 e. The molecule has 2 N–H and O–H groups in total. The van der Waals surface area contributed by atoms with E-state index in [9.17, 15) is 4.39 Å². The Morgan fingerprint density at radius 1 is 1.26 bits per heavy atom. The number of aryl methyl sites for hydroxylation is 1. The molecule has 2 aromatic heterocycles. The minimum absolute atomic E-state index is 0.301. The van der Waals surface area contributed by atoms with E-state index < -0.39 is 0 Å². The number of hydrogen-bond donors (Lipinski definition) is 1. The van der Waals surface area contributed by atoms with Gasteiger partial charge in [0.2, 0.25) is 5.82 Å². The van der Waals surface area contributed by atoms with Gasteiger partial charge in [0.25, 0.3) is 5.89 Å². The number of nitrogen functional groups attached to an aromatic ring is 1. The van der Waals surface area contributed by atoms with E-state index in [1.165, 1.54) is 23.5 Å². The number of hydrogen-bond acceptors (Lipinski definition) is 5. The highest BCUT2D eigenvalue weighted by Crippen LogP contribution is 2.33. The molecule has 6 heteroatoms. The first-order chi connectivity index (χ1) is 9.13. The molecule has 19 heavy (non-hydrogen) atoms. The van der Waals surface area contributed by atoms with Crippen LogP contribution in [0, 0.1) is 12.7 Å². The van der Waals surface area contributed by atoms with Gasteiger partial charge >= 0.3 is 0 Å². The summed E-state index contributed by atoms with van der Waals surface area (Å²) in [5.74, 6) is 0.490. The largest absolute Gasteiger partial charge is 0.390 e. The van der Waals surface area contributed by atoms with E-state index in [0.29, 0.717) is 22.3 Å². The summed E-state index contributed by atoms with van der Waals surface area (Å²) in [5.41, 5.74) is 7.32. The zero-order valence-corrected chi connectivity index (χ0v) is 10.9. The number of nitrogens with two attached hydrogens (primary N) is 1. The van der Waals surface area contributed by atoms with Gasteiger partial charge in [0.1, 0.15) is 5.82 Å². The van der Waals surface area contributed by atoms with Crippen LogP contribution in [0.3, 0.4) is 0 Å². The Bertz CT molecular complexity index is 718. The first kappa shape index (κ1) is 11.9. The Hall–Kier alpha value is -2.21.